The Morgan fingerprint density at radius 1 is 0.871 bits per heavy atom. The molecular formula is C24H16Cl2N2O2S. The number of nitrogens with one attached hydrogen (secondary N) is 1. The van der Waals surface area contributed by atoms with Crippen LogP contribution in [0.15, 0.2) is 78.4 Å². The molecule has 0 unspecified atom stereocenters. The van der Waals surface area contributed by atoms with E-state index in [0.717, 1.165) is 11.1 Å². The number of rotatable bonds is 4. The zero-order valence-corrected chi connectivity index (χ0v) is 18.5. The molecule has 4 nitrogen and oxygen atoms in total. The molecule has 7 heteroatoms. The molecule has 2 amide bonds. The second kappa shape index (κ2) is 9.02. The van der Waals surface area contributed by atoms with Gasteiger partial charge < -0.3 is 0 Å². The smallest absolute Gasteiger partial charge is 0.270 e. The average molecular weight is 467 g/mol. The number of carbonyl (C=O) groups is 2. The van der Waals surface area contributed by atoms with Crippen LogP contribution in [0.5, 0.6) is 0 Å². The number of nitrogens with zero attached hydrogens (tertiary/aromatic N) is 1. The molecule has 0 spiro atoms. The molecule has 31 heavy (non-hydrogen) atoms. The first-order valence-electron chi connectivity index (χ1n) is 9.42. The monoisotopic (exact) mass is 466 g/mol. The summed E-state index contributed by atoms with van der Waals surface area (Å²) in [5, 5.41) is 3.82. The molecule has 1 N–H and O–H groups in total. The lowest BCUT2D eigenvalue weighted by molar-refractivity contribution is -0.122. The summed E-state index contributed by atoms with van der Waals surface area (Å²) in [6.45, 7) is 0. The van der Waals surface area contributed by atoms with Gasteiger partial charge in [0.05, 0.1) is 5.69 Å². The first kappa shape index (κ1) is 21.2. The van der Waals surface area contributed by atoms with E-state index in [1.165, 1.54) is 11.0 Å². The van der Waals surface area contributed by atoms with Crippen LogP contribution in [-0.4, -0.2) is 16.9 Å². The van der Waals surface area contributed by atoms with Crippen molar-refractivity contribution in [3.8, 4) is 0 Å². The van der Waals surface area contributed by atoms with Crippen LogP contribution in [0.1, 0.15) is 16.7 Å². The first-order valence-corrected chi connectivity index (χ1v) is 10.6. The van der Waals surface area contributed by atoms with Crippen molar-refractivity contribution in [3.63, 3.8) is 0 Å². The van der Waals surface area contributed by atoms with Gasteiger partial charge in [-0.3, -0.25) is 19.8 Å². The van der Waals surface area contributed by atoms with E-state index < -0.39 is 11.8 Å². The van der Waals surface area contributed by atoms with Crippen molar-refractivity contribution in [1.29, 1.82) is 0 Å². The summed E-state index contributed by atoms with van der Waals surface area (Å²) in [6, 6.07) is 21.9. The Hall–Kier alpha value is -2.99. The van der Waals surface area contributed by atoms with Crippen molar-refractivity contribution in [2.75, 3.05) is 4.90 Å². The maximum absolute atomic E-state index is 13.0. The first-order chi connectivity index (χ1) is 14.9. The number of amides is 2. The fourth-order valence-corrected chi connectivity index (χ4v) is 4.02. The molecule has 154 valence electrons. The number of benzene rings is 3. The van der Waals surface area contributed by atoms with Crippen LogP contribution in [0.2, 0.25) is 10.0 Å². The zero-order chi connectivity index (χ0) is 22.0. The Bertz CT molecular complexity index is 1230. The predicted octanol–water partition coefficient (Wildman–Crippen LogP) is 5.42. The molecule has 0 aromatic heterocycles. The summed E-state index contributed by atoms with van der Waals surface area (Å²) in [5.74, 6) is -1.03. The topological polar surface area (TPSA) is 49.4 Å². The molecule has 1 aliphatic heterocycles. The lowest BCUT2D eigenvalue weighted by atomic mass is 10.0. The highest BCUT2D eigenvalue weighted by atomic mass is 35.5. The predicted molar refractivity (Wildman–Crippen MR) is 128 cm³/mol. The van der Waals surface area contributed by atoms with Crippen molar-refractivity contribution in [2.24, 2.45) is 0 Å². The molecule has 3 aromatic carbocycles. The SMILES string of the molecule is O=C1NC(=S)N(c2ccccc2)C(=O)/C1=C\c1ccc(Cc2ccccc2Cl)c(Cl)c1. The highest BCUT2D eigenvalue weighted by molar-refractivity contribution is 7.80. The minimum Gasteiger partial charge on any atom is -0.298 e. The zero-order valence-electron chi connectivity index (χ0n) is 16.1. The van der Waals surface area contributed by atoms with E-state index in [-0.39, 0.29) is 10.7 Å². The van der Waals surface area contributed by atoms with Gasteiger partial charge >= 0.3 is 0 Å². The van der Waals surface area contributed by atoms with Crippen molar-refractivity contribution in [3.05, 3.63) is 105 Å². The third-order valence-corrected chi connectivity index (χ3v) is 5.85. The van der Waals surface area contributed by atoms with E-state index in [1.807, 2.05) is 42.5 Å². The van der Waals surface area contributed by atoms with Crippen LogP contribution in [-0.2, 0) is 16.0 Å². The lowest BCUT2D eigenvalue weighted by Crippen LogP contribution is -2.54. The van der Waals surface area contributed by atoms with Crippen LogP contribution in [0.3, 0.4) is 0 Å². The van der Waals surface area contributed by atoms with Crippen LogP contribution in [0.4, 0.5) is 5.69 Å². The molecule has 0 aliphatic carbocycles. The third-order valence-electron chi connectivity index (χ3n) is 4.84. The average Bonchev–Trinajstić information content (AvgIpc) is 2.75. The number of para-hydroxylation sites is 1. The van der Waals surface area contributed by atoms with Crippen LogP contribution >= 0.6 is 35.4 Å². The molecule has 0 bridgehead atoms. The summed E-state index contributed by atoms with van der Waals surface area (Å²) >= 11 is 17.9. The molecule has 0 atom stereocenters. The maximum Gasteiger partial charge on any atom is 0.270 e. The second-order valence-electron chi connectivity index (χ2n) is 6.91. The summed E-state index contributed by atoms with van der Waals surface area (Å²) in [6.07, 6.45) is 2.09. The van der Waals surface area contributed by atoms with E-state index in [1.54, 1.807) is 30.3 Å². The molecule has 0 saturated carbocycles. The molecule has 1 saturated heterocycles. The fraction of sp³-hybridized carbons (Fsp3) is 0.0417. The number of hydrogen-bond donors (Lipinski definition) is 1. The van der Waals surface area contributed by atoms with Gasteiger partial charge in [-0.2, -0.15) is 0 Å². The van der Waals surface area contributed by atoms with Crippen LogP contribution in [0.25, 0.3) is 6.08 Å². The summed E-state index contributed by atoms with van der Waals surface area (Å²) in [4.78, 5) is 26.8. The van der Waals surface area contributed by atoms with Gasteiger partial charge in [0, 0.05) is 16.5 Å². The molecule has 0 radical (unpaired) electrons. The summed E-state index contributed by atoms with van der Waals surface area (Å²) in [5.41, 5.74) is 3.05. The summed E-state index contributed by atoms with van der Waals surface area (Å²) in [7, 11) is 0. The second-order valence-corrected chi connectivity index (χ2v) is 8.11. The molecule has 1 heterocycles. The number of thiocarbonyl (C=S) groups is 1. The van der Waals surface area contributed by atoms with Gasteiger partial charge in [-0.05, 0) is 59.2 Å². The van der Waals surface area contributed by atoms with Gasteiger partial charge in [-0.1, -0.05) is 71.7 Å². The highest BCUT2D eigenvalue weighted by Gasteiger charge is 2.34. The standard InChI is InChI=1S/C24H16Cl2N2O2S/c25-20-9-5-4-6-16(20)14-17-11-10-15(13-21(17)26)12-19-22(29)27-24(31)28(23(19)30)18-7-2-1-3-8-18/h1-13H,14H2,(H,27,29,31)/b19-12-. The minimum absolute atomic E-state index is 0.0210. The number of hydrogen-bond acceptors (Lipinski definition) is 3. The molecule has 1 aliphatic rings. The van der Waals surface area contributed by atoms with Gasteiger partial charge in [0.1, 0.15) is 5.57 Å². The van der Waals surface area contributed by atoms with E-state index in [4.69, 9.17) is 35.4 Å². The van der Waals surface area contributed by atoms with Crippen LogP contribution < -0.4 is 10.2 Å². The van der Waals surface area contributed by atoms with Crippen molar-refractivity contribution < 1.29 is 9.59 Å². The normalized spacial score (nSPS) is 15.4. The summed E-state index contributed by atoms with van der Waals surface area (Å²) < 4.78 is 0. The van der Waals surface area contributed by atoms with E-state index in [9.17, 15) is 9.59 Å². The fourth-order valence-electron chi connectivity index (χ4n) is 3.28. The largest absolute Gasteiger partial charge is 0.298 e. The Morgan fingerprint density at radius 2 is 1.55 bits per heavy atom. The van der Waals surface area contributed by atoms with Gasteiger partial charge in [-0.25, -0.2) is 0 Å². The number of carbonyl (C=O) groups excluding carboxylic acids is 2. The molecule has 3 aromatic rings. The van der Waals surface area contributed by atoms with E-state index in [0.29, 0.717) is 27.7 Å². The third kappa shape index (κ3) is 4.54. The van der Waals surface area contributed by atoms with Crippen LogP contribution in [0, 0.1) is 0 Å². The van der Waals surface area contributed by atoms with Gasteiger partial charge in [-0.15, -0.1) is 0 Å². The van der Waals surface area contributed by atoms with Crippen molar-refractivity contribution in [1.82, 2.24) is 5.32 Å². The van der Waals surface area contributed by atoms with Crippen molar-refractivity contribution >= 4 is 64.1 Å². The molecular weight excluding hydrogens is 451 g/mol. The number of halogens is 2. The Balaban J connectivity index is 1.63. The number of anilines is 1. The Kier molecular flexibility index (Phi) is 6.18. The lowest BCUT2D eigenvalue weighted by Gasteiger charge is -2.28. The van der Waals surface area contributed by atoms with E-state index in [2.05, 4.69) is 5.32 Å². The quantitative estimate of drug-likeness (QED) is 0.317. The Morgan fingerprint density at radius 3 is 2.26 bits per heavy atom. The molecule has 4 rings (SSSR count). The minimum atomic E-state index is -0.543. The van der Waals surface area contributed by atoms with Crippen molar-refractivity contribution in [2.45, 2.75) is 6.42 Å². The van der Waals surface area contributed by atoms with Gasteiger partial charge in [0.25, 0.3) is 11.8 Å². The van der Waals surface area contributed by atoms with Gasteiger partial charge in [0.2, 0.25) is 0 Å². The van der Waals surface area contributed by atoms with Gasteiger partial charge in [0.15, 0.2) is 5.11 Å². The Labute approximate surface area is 195 Å². The maximum atomic E-state index is 13.0. The molecule has 1 fully saturated rings. The van der Waals surface area contributed by atoms with E-state index >= 15 is 0 Å². The highest BCUT2D eigenvalue weighted by Crippen LogP contribution is 2.27.